The fourth-order valence-corrected chi connectivity index (χ4v) is 4.12. The number of carbonyl (C=O) groups excluding carboxylic acids is 2. The summed E-state index contributed by atoms with van der Waals surface area (Å²) in [6.45, 7) is 1.28. The molecule has 0 saturated carbocycles. The molecule has 1 aliphatic rings. The minimum atomic E-state index is -2.26. The molecule has 0 radical (unpaired) electrons. The zero-order valence-electron chi connectivity index (χ0n) is 19.3. The number of hydrogen-bond donors (Lipinski definition) is 3. The summed E-state index contributed by atoms with van der Waals surface area (Å²) in [7, 11) is 0. The number of nitrogens with zero attached hydrogens (tertiary/aromatic N) is 6. The summed E-state index contributed by atoms with van der Waals surface area (Å²) in [6, 6.07) is 9.73. The molecule has 0 spiro atoms. The lowest BCUT2D eigenvalue weighted by molar-refractivity contribution is -0.165. The highest BCUT2D eigenvalue weighted by Crippen LogP contribution is 2.31. The zero-order valence-corrected chi connectivity index (χ0v) is 20.0. The lowest BCUT2D eigenvalue weighted by Gasteiger charge is -2.37. The summed E-state index contributed by atoms with van der Waals surface area (Å²) in [5.74, 6) is -1.27. The number of nitrogens with one attached hydrogen (secondary N) is 1. The van der Waals surface area contributed by atoms with Gasteiger partial charge in [0.1, 0.15) is 16.8 Å². The van der Waals surface area contributed by atoms with Crippen molar-refractivity contribution in [1.29, 1.82) is 5.26 Å². The SMILES string of the molecule is CC(O)(C(=O)Nc1ccc2c(N)noc2c1)[C@H]1OCCN(c2nn(-c3ccnc(C#N)c3)cc2Cl)C1=O. The van der Waals surface area contributed by atoms with Crippen molar-refractivity contribution in [1.82, 2.24) is 19.9 Å². The van der Waals surface area contributed by atoms with Crippen LogP contribution in [0.25, 0.3) is 16.7 Å². The van der Waals surface area contributed by atoms with Crippen molar-refractivity contribution in [3.8, 4) is 11.8 Å². The number of aromatic nitrogens is 4. The fourth-order valence-electron chi connectivity index (χ4n) is 3.89. The molecule has 5 rings (SSSR count). The zero-order chi connectivity index (χ0) is 26.3. The second-order valence-electron chi connectivity index (χ2n) is 8.38. The number of carbonyl (C=O) groups is 2. The van der Waals surface area contributed by atoms with Gasteiger partial charge in [-0.3, -0.25) is 14.5 Å². The lowest BCUT2D eigenvalue weighted by Crippen LogP contribution is -2.61. The number of hydrogen-bond acceptors (Lipinski definition) is 10. The van der Waals surface area contributed by atoms with E-state index in [0.717, 1.165) is 0 Å². The molecule has 1 aliphatic heterocycles. The maximum atomic E-state index is 13.4. The van der Waals surface area contributed by atoms with Crippen molar-refractivity contribution >= 4 is 51.7 Å². The van der Waals surface area contributed by atoms with Gasteiger partial charge in [0, 0.05) is 24.0 Å². The Morgan fingerprint density at radius 1 is 1.38 bits per heavy atom. The highest BCUT2D eigenvalue weighted by atomic mass is 35.5. The van der Waals surface area contributed by atoms with Gasteiger partial charge in [0.25, 0.3) is 11.8 Å². The van der Waals surface area contributed by atoms with Gasteiger partial charge >= 0.3 is 0 Å². The maximum absolute atomic E-state index is 13.4. The van der Waals surface area contributed by atoms with Crippen LogP contribution in [-0.4, -0.2) is 61.7 Å². The Kier molecular flexibility index (Phi) is 6.00. The second kappa shape index (κ2) is 9.17. The number of anilines is 3. The van der Waals surface area contributed by atoms with Crippen LogP contribution in [0.1, 0.15) is 12.6 Å². The average Bonchev–Trinajstić information content (AvgIpc) is 3.46. The Bertz CT molecular complexity index is 1570. The van der Waals surface area contributed by atoms with Crippen LogP contribution < -0.4 is 16.0 Å². The first-order chi connectivity index (χ1) is 17.7. The van der Waals surface area contributed by atoms with Crippen LogP contribution in [0.3, 0.4) is 0 Å². The number of fused-ring (bicyclic) bond motifs is 1. The van der Waals surface area contributed by atoms with E-state index in [4.69, 9.17) is 31.9 Å². The smallest absolute Gasteiger partial charge is 0.261 e. The van der Waals surface area contributed by atoms with E-state index in [9.17, 15) is 14.7 Å². The molecule has 1 aromatic carbocycles. The topological polar surface area (TPSA) is 185 Å². The minimum Gasteiger partial charge on any atom is -0.380 e. The van der Waals surface area contributed by atoms with Crippen molar-refractivity contribution in [3.63, 3.8) is 0 Å². The van der Waals surface area contributed by atoms with E-state index in [2.05, 4.69) is 20.6 Å². The molecular weight excluding hydrogens is 504 g/mol. The maximum Gasteiger partial charge on any atom is 0.261 e. The van der Waals surface area contributed by atoms with Crippen LogP contribution in [0.5, 0.6) is 0 Å². The molecule has 2 amide bonds. The number of halogens is 1. The molecule has 4 heterocycles. The molecule has 1 fully saturated rings. The van der Waals surface area contributed by atoms with Gasteiger partial charge in [-0.2, -0.15) is 5.26 Å². The Balaban J connectivity index is 1.37. The van der Waals surface area contributed by atoms with E-state index >= 15 is 0 Å². The first-order valence-electron chi connectivity index (χ1n) is 10.9. The first kappa shape index (κ1) is 24.2. The molecule has 4 aromatic rings. The highest BCUT2D eigenvalue weighted by Gasteiger charge is 2.49. The monoisotopic (exact) mass is 522 g/mol. The molecule has 0 aliphatic carbocycles. The summed E-state index contributed by atoms with van der Waals surface area (Å²) >= 11 is 6.39. The van der Waals surface area contributed by atoms with Crippen LogP contribution in [-0.2, 0) is 14.3 Å². The van der Waals surface area contributed by atoms with E-state index < -0.39 is 23.5 Å². The first-order valence-corrected chi connectivity index (χ1v) is 11.3. The molecule has 2 atom stereocenters. The van der Waals surface area contributed by atoms with Crippen LogP contribution in [0.4, 0.5) is 17.3 Å². The lowest BCUT2D eigenvalue weighted by atomic mass is 9.95. The van der Waals surface area contributed by atoms with Crippen LogP contribution >= 0.6 is 11.6 Å². The Hall–Kier alpha value is -4.51. The predicted molar refractivity (Wildman–Crippen MR) is 131 cm³/mol. The van der Waals surface area contributed by atoms with Gasteiger partial charge in [0.15, 0.2) is 28.9 Å². The van der Waals surface area contributed by atoms with Crippen molar-refractivity contribution in [3.05, 3.63) is 53.4 Å². The highest BCUT2D eigenvalue weighted by molar-refractivity contribution is 6.33. The number of nitriles is 1. The van der Waals surface area contributed by atoms with Crippen molar-refractivity contribution in [2.75, 3.05) is 29.1 Å². The van der Waals surface area contributed by atoms with Crippen LogP contribution in [0.15, 0.2) is 47.2 Å². The number of amides is 2. The summed E-state index contributed by atoms with van der Waals surface area (Å²) < 4.78 is 12.0. The molecule has 13 nitrogen and oxygen atoms in total. The van der Waals surface area contributed by atoms with Gasteiger partial charge in [-0.1, -0.05) is 16.8 Å². The number of pyridine rings is 1. The minimum absolute atomic E-state index is 0.0141. The number of morpholine rings is 1. The van der Waals surface area contributed by atoms with Crippen molar-refractivity contribution < 1.29 is 24.0 Å². The summed E-state index contributed by atoms with van der Waals surface area (Å²) in [4.78, 5) is 31.5. The molecule has 14 heteroatoms. The average molecular weight is 523 g/mol. The number of benzene rings is 1. The third-order valence-electron chi connectivity index (χ3n) is 5.85. The van der Waals surface area contributed by atoms with E-state index in [1.165, 1.54) is 41.0 Å². The Morgan fingerprint density at radius 3 is 2.97 bits per heavy atom. The molecule has 0 bridgehead atoms. The fraction of sp³-hybridized carbons (Fsp3) is 0.217. The Morgan fingerprint density at radius 2 is 2.19 bits per heavy atom. The van der Waals surface area contributed by atoms with E-state index in [1.807, 2.05) is 6.07 Å². The van der Waals surface area contributed by atoms with Crippen molar-refractivity contribution in [2.24, 2.45) is 0 Å². The molecule has 4 N–H and O–H groups in total. The molecule has 1 saturated heterocycles. The van der Waals surface area contributed by atoms with Crippen molar-refractivity contribution in [2.45, 2.75) is 18.6 Å². The second-order valence-corrected chi connectivity index (χ2v) is 8.78. The van der Waals surface area contributed by atoms with Gasteiger partial charge in [-0.05, 0) is 25.1 Å². The molecule has 3 aromatic heterocycles. The number of rotatable bonds is 5. The summed E-state index contributed by atoms with van der Waals surface area (Å²) in [5, 5.41) is 31.5. The standard InChI is InChI=1S/C23H19ClN8O5/c1-23(35,22(34)28-12-2-3-15-17(9-12)37-30-19(15)26)18-21(33)31(6-7-36-18)20-16(24)11-32(29-20)14-4-5-27-13(8-14)10-25/h2-5,8-9,11,18,35H,6-7H2,1H3,(H2,26,30)(H,28,34)/t18-,23?/m0/s1. The number of ether oxygens (including phenoxy) is 1. The third-order valence-corrected chi connectivity index (χ3v) is 6.11. The van der Waals surface area contributed by atoms with Crippen LogP contribution in [0, 0.1) is 11.3 Å². The largest absolute Gasteiger partial charge is 0.380 e. The van der Waals surface area contributed by atoms with Gasteiger partial charge in [0.2, 0.25) is 0 Å². The van der Waals surface area contributed by atoms with E-state index in [-0.39, 0.29) is 35.5 Å². The number of nitrogen functional groups attached to an aromatic ring is 1. The van der Waals surface area contributed by atoms with Gasteiger partial charge in [0.05, 0.1) is 30.4 Å². The van der Waals surface area contributed by atoms with E-state index in [1.54, 1.807) is 18.2 Å². The van der Waals surface area contributed by atoms with E-state index in [0.29, 0.717) is 22.3 Å². The third kappa shape index (κ3) is 4.33. The molecule has 1 unspecified atom stereocenters. The molecule has 188 valence electrons. The number of aliphatic hydroxyl groups is 1. The number of nitrogens with two attached hydrogens (primary N) is 1. The van der Waals surface area contributed by atoms with Gasteiger partial charge < -0.3 is 25.4 Å². The molecular formula is C23H19ClN8O5. The van der Waals surface area contributed by atoms with Crippen LogP contribution in [0.2, 0.25) is 5.02 Å². The Labute approximate surface area is 214 Å². The quantitative estimate of drug-likeness (QED) is 0.348. The predicted octanol–water partition coefficient (Wildman–Crippen LogP) is 1.64. The van der Waals surface area contributed by atoms with Gasteiger partial charge in [-0.15, -0.1) is 5.10 Å². The normalized spacial score (nSPS) is 17.4. The van der Waals surface area contributed by atoms with Gasteiger partial charge in [-0.25, -0.2) is 9.67 Å². The summed E-state index contributed by atoms with van der Waals surface area (Å²) in [5.41, 5.74) is 4.78. The molecule has 37 heavy (non-hydrogen) atoms. The summed E-state index contributed by atoms with van der Waals surface area (Å²) in [6.07, 6.45) is 1.38.